The molecule has 0 spiro atoms. The van der Waals surface area contributed by atoms with Gasteiger partial charge in [-0.3, -0.25) is 4.42 Å². The predicted octanol–water partition coefficient (Wildman–Crippen LogP) is 0.423. The van der Waals surface area contributed by atoms with Gasteiger partial charge in [0.1, 0.15) is 0 Å². The maximum atomic E-state index is 8.19. The third kappa shape index (κ3) is 3.21. The quantitative estimate of drug-likeness (QED) is 0.384. The van der Waals surface area contributed by atoms with E-state index in [0.29, 0.717) is 0 Å². The molecule has 34 valence electrons. The minimum absolute atomic E-state index is 0.00463. The van der Waals surface area contributed by atoms with Gasteiger partial charge in [0, 0.05) is 0 Å². The lowest BCUT2D eigenvalue weighted by molar-refractivity contribution is -0.441. The van der Waals surface area contributed by atoms with Crippen molar-refractivity contribution in [3.8, 4) is 0 Å². The second-order valence-corrected chi connectivity index (χ2v) is 0.915. The highest BCUT2D eigenvalue weighted by Gasteiger charge is 1.87. The van der Waals surface area contributed by atoms with Crippen molar-refractivity contribution in [1.82, 2.24) is 0 Å². The fourth-order valence-corrected chi connectivity index (χ4v) is 0.118. The van der Waals surface area contributed by atoms with Crippen molar-refractivity contribution < 1.29 is 9.53 Å². The van der Waals surface area contributed by atoms with E-state index in [4.69, 9.17) is 5.11 Å². The molecular weight excluding hydrogens is 80.0 g/mol. The SMILES string of the molecule is C=[O+]CC(=C)O. The zero-order valence-electron chi connectivity index (χ0n) is 3.48. The van der Waals surface area contributed by atoms with E-state index in [0.717, 1.165) is 0 Å². The van der Waals surface area contributed by atoms with Crippen LogP contribution in [0.25, 0.3) is 0 Å². The summed E-state index contributed by atoms with van der Waals surface area (Å²) in [4.78, 5) is 0. The van der Waals surface area contributed by atoms with E-state index in [-0.39, 0.29) is 12.4 Å². The first-order valence-corrected chi connectivity index (χ1v) is 1.51. The Bertz CT molecular complexity index is 65.9. The summed E-state index contributed by atoms with van der Waals surface area (Å²) in [6, 6.07) is 0. The van der Waals surface area contributed by atoms with Gasteiger partial charge in [-0.25, -0.2) is 0 Å². The molecule has 0 aromatic heterocycles. The minimum Gasteiger partial charge on any atom is -0.505 e. The van der Waals surface area contributed by atoms with Crippen LogP contribution < -0.4 is 0 Å². The van der Waals surface area contributed by atoms with Crippen molar-refractivity contribution in [1.29, 1.82) is 0 Å². The van der Waals surface area contributed by atoms with Crippen molar-refractivity contribution in [3.63, 3.8) is 0 Å². The lowest BCUT2D eigenvalue weighted by Gasteiger charge is -1.73. The molecule has 0 saturated carbocycles. The lowest BCUT2D eigenvalue weighted by atomic mass is 10.6. The monoisotopic (exact) mass is 87.0 g/mol. The molecular formula is C4H7O2+. The molecule has 0 heterocycles. The van der Waals surface area contributed by atoms with Crippen LogP contribution in [0.2, 0.25) is 0 Å². The maximum absolute atomic E-state index is 8.19. The van der Waals surface area contributed by atoms with Gasteiger partial charge in [0.2, 0.25) is 0 Å². The predicted molar refractivity (Wildman–Crippen MR) is 23.8 cm³/mol. The van der Waals surface area contributed by atoms with E-state index in [9.17, 15) is 0 Å². The molecule has 2 nitrogen and oxygen atoms in total. The molecule has 0 saturated heterocycles. The van der Waals surface area contributed by atoms with Crippen LogP contribution in [0.4, 0.5) is 0 Å². The van der Waals surface area contributed by atoms with Crippen LogP contribution in [0.1, 0.15) is 0 Å². The summed E-state index contributed by atoms with van der Waals surface area (Å²) in [5.74, 6) is 0.00463. The number of aliphatic hydroxyl groups excluding tert-OH is 1. The Morgan fingerprint density at radius 1 is 1.83 bits per heavy atom. The zero-order valence-corrected chi connectivity index (χ0v) is 3.48. The third-order valence-electron chi connectivity index (χ3n) is 0.269. The van der Waals surface area contributed by atoms with Crippen molar-refractivity contribution in [2.24, 2.45) is 0 Å². The summed E-state index contributed by atoms with van der Waals surface area (Å²) >= 11 is 0. The molecule has 0 rings (SSSR count). The average Bonchev–Trinajstić information content (AvgIpc) is 1.35. The van der Waals surface area contributed by atoms with Crippen molar-refractivity contribution in [3.05, 3.63) is 12.3 Å². The van der Waals surface area contributed by atoms with Gasteiger partial charge in [-0.1, -0.05) is 6.58 Å². The maximum Gasteiger partial charge on any atom is 0.317 e. The number of hydrogen-bond acceptors (Lipinski definition) is 1. The summed E-state index contributed by atoms with van der Waals surface area (Å²) in [5, 5.41) is 8.19. The molecule has 0 aliphatic heterocycles. The van der Waals surface area contributed by atoms with E-state index in [1.165, 1.54) is 0 Å². The van der Waals surface area contributed by atoms with Gasteiger partial charge in [0.05, 0.1) is 0 Å². The largest absolute Gasteiger partial charge is 0.505 e. The molecule has 0 unspecified atom stereocenters. The van der Waals surface area contributed by atoms with Crippen LogP contribution in [-0.4, -0.2) is 18.5 Å². The van der Waals surface area contributed by atoms with E-state index < -0.39 is 0 Å². The number of rotatable bonds is 2. The summed E-state index contributed by atoms with van der Waals surface area (Å²) in [7, 11) is 0. The third-order valence-corrected chi connectivity index (χ3v) is 0.269. The number of aliphatic hydroxyl groups is 1. The van der Waals surface area contributed by atoms with Gasteiger partial charge < -0.3 is 5.11 Å². The Labute approximate surface area is 36.4 Å². The Hall–Kier alpha value is -0.790. The molecule has 1 N–H and O–H groups in total. The molecule has 0 fully saturated rings. The van der Waals surface area contributed by atoms with Gasteiger partial charge in [-0.05, 0) is 0 Å². The van der Waals surface area contributed by atoms with Gasteiger partial charge in [-0.2, -0.15) is 0 Å². The highest BCUT2D eigenvalue weighted by Crippen LogP contribution is 1.73. The standard InChI is InChI=1S/C4H6O2/c1-4(5)3-6-2/h1-3H2/p+1. The first-order valence-electron chi connectivity index (χ1n) is 1.51. The Morgan fingerprint density at radius 2 is 2.33 bits per heavy atom. The Morgan fingerprint density at radius 3 is 2.33 bits per heavy atom. The van der Waals surface area contributed by atoms with Gasteiger partial charge in [0.25, 0.3) is 6.79 Å². The zero-order chi connectivity index (χ0) is 4.99. The lowest BCUT2D eigenvalue weighted by Crippen LogP contribution is -1.84. The van der Waals surface area contributed by atoms with E-state index in [2.05, 4.69) is 17.8 Å². The first kappa shape index (κ1) is 5.21. The highest BCUT2D eigenvalue weighted by molar-refractivity contribution is 5.12. The van der Waals surface area contributed by atoms with Crippen molar-refractivity contribution in [2.45, 2.75) is 0 Å². The van der Waals surface area contributed by atoms with E-state index >= 15 is 0 Å². The fourth-order valence-electron chi connectivity index (χ4n) is 0.118. The van der Waals surface area contributed by atoms with Crippen LogP contribution in [0.15, 0.2) is 12.3 Å². The molecule has 0 aromatic carbocycles. The molecule has 2 heteroatoms. The van der Waals surface area contributed by atoms with Crippen molar-refractivity contribution in [2.75, 3.05) is 6.61 Å². The normalized spacial score (nSPS) is 7.33. The van der Waals surface area contributed by atoms with Gasteiger partial charge in [-0.15, -0.1) is 0 Å². The minimum atomic E-state index is 0.00463. The van der Waals surface area contributed by atoms with Crippen LogP contribution in [0.5, 0.6) is 0 Å². The molecule has 0 atom stereocenters. The number of hydrogen-bond donors (Lipinski definition) is 1. The second-order valence-electron chi connectivity index (χ2n) is 0.915. The van der Waals surface area contributed by atoms with Gasteiger partial charge >= 0.3 is 6.61 Å². The van der Waals surface area contributed by atoms with Gasteiger partial charge in [0.15, 0.2) is 5.76 Å². The van der Waals surface area contributed by atoms with E-state index in [1.807, 2.05) is 0 Å². The van der Waals surface area contributed by atoms with E-state index in [1.54, 1.807) is 0 Å². The average molecular weight is 87.1 g/mol. The van der Waals surface area contributed by atoms with Crippen LogP contribution in [-0.2, 0) is 4.42 Å². The molecule has 0 bridgehead atoms. The summed E-state index contributed by atoms with van der Waals surface area (Å²) in [6.07, 6.45) is 0. The smallest absolute Gasteiger partial charge is 0.317 e. The summed E-state index contributed by atoms with van der Waals surface area (Å²) < 4.78 is 4.20. The molecule has 6 heavy (non-hydrogen) atoms. The topological polar surface area (TPSA) is 31.5 Å². The highest BCUT2D eigenvalue weighted by atomic mass is 16.4. The molecule has 0 aliphatic rings. The first-order chi connectivity index (χ1) is 2.77. The van der Waals surface area contributed by atoms with Crippen LogP contribution >= 0.6 is 0 Å². The molecule has 0 aliphatic carbocycles. The Kier molecular flexibility index (Phi) is 2.13. The molecule has 0 radical (unpaired) electrons. The Balaban J connectivity index is 3.05. The molecule has 0 aromatic rings. The summed E-state index contributed by atoms with van der Waals surface area (Å²) in [5.41, 5.74) is 0. The second kappa shape index (κ2) is 2.45. The number of carbonyl (C=O) groups excluding carboxylic acids is 1. The van der Waals surface area contributed by atoms with Crippen molar-refractivity contribution >= 4 is 6.79 Å². The fraction of sp³-hybridized carbons (Fsp3) is 0.250. The summed E-state index contributed by atoms with van der Waals surface area (Å²) in [6.45, 7) is 6.27. The molecule has 0 amide bonds. The van der Waals surface area contributed by atoms with Crippen LogP contribution in [0, 0.1) is 0 Å². The van der Waals surface area contributed by atoms with Crippen LogP contribution in [0.3, 0.4) is 0 Å².